The quantitative estimate of drug-likeness (QED) is 0.658. The first-order chi connectivity index (χ1) is 11.2. The Morgan fingerprint density at radius 2 is 1.96 bits per heavy atom. The fourth-order valence-corrected chi connectivity index (χ4v) is 3.77. The predicted molar refractivity (Wildman–Crippen MR) is 99.4 cm³/mol. The van der Waals surface area contributed by atoms with Crippen LogP contribution in [0, 0.1) is 11.3 Å². The summed E-state index contributed by atoms with van der Waals surface area (Å²) in [5.41, 5.74) is 0.411. The first-order valence-electron chi connectivity index (χ1n) is 8.68. The number of amides is 1. The van der Waals surface area contributed by atoms with Crippen LogP contribution in [0.25, 0.3) is 0 Å². The van der Waals surface area contributed by atoms with E-state index in [1.54, 1.807) is 7.11 Å². The highest BCUT2D eigenvalue weighted by Gasteiger charge is 2.32. The molecule has 0 aromatic rings. The van der Waals surface area contributed by atoms with Gasteiger partial charge in [0.15, 0.2) is 0 Å². The second-order valence-corrected chi connectivity index (χ2v) is 9.05. The van der Waals surface area contributed by atoms with Gasteiger partial charge in [0.2, 0.25) is 5.91 Å². The zero-order valence-electron chi connectivity index (χ0n) is 15.6. The summed E-state index contributed by atoms with van der Waals surface area (Å²) >= 11 is 0. The lowest BCUT2D eigenvalue weighted by atomic mass is 9.93. The van der Waals surface area contributed by atoms with Crippen molar-refractivity contribution in [2.24, 2.45) is 11.3 Å². The third kappa shape index (κ3) is 5.13. The van der Waals surface area contributed by atoms with Gasteiger partial charge in [-0.15, -0.1) is 0 Å². The molecule has 0 unspecified atom stereocenters. The molecule has 1 saturated heterocycles. The zero-order chi connectivity index (χ0) is 17.8. The summed E-state index contributed by atoms with van der Waals surface area (Å²) in [6, 6.07) is 0. The molecular formula is C18H31N2O3P. The van der Waals surface area contributed by atoms with Crippen LogP contribution < -0.4 is 10.6 Å². The number of nitrogens with one attached hydrogen (secondary N) is 2. The summed E-state index contributed by atoms with van der Waals surface area (Å²) in [6.07, 6.45) is 4.22. The molecule has 24 heavy (non-hydrogen) atoms. The number of methoxy groups -OCH3 is 1. The maximum absolute atomic E-state index is 12.5. The van der Waals surface area contributed by atoms with Gasteiger partial charge < -0.3 is 20.1 Å². The Morgan fingerprint density at radius 1 is 1.33 bits per heavy atom. The second-order valence-electron chi connectivity index (χ2n) is 7.86. The van der Waals surface area contributed by atoms with Crippen LogP contribution in [0.15, 0.2) is 11.4 Å². The normalized spacial score (nSPS) is 20.0. The minimum atomic E-state index is -0.577. The van der Waals surface area contributed by atoms with Crippen LogP contribution in [0.2, 0.25) is 0 Å². The van der Waals surface area contributed by atoms with E-state index in [2.05, 4.69) is 30.6 Å². The Kier molecular flexibility index (Phi) is 6.60. The molecule has 2 N–H and O–H groups in total. The van der Waals surface area contributed by atoms with Gasteiger partial charge in [-0.3, -0.25) is 4.79 Å². The van der Waals surface area contributed by atoms with Gasteiger partial charge >= 0.3 is 0 Å². The van der Waals surface area contributed by atoms with E-state index in [-0.39, 0.29) is 11.3 Å². The zero-order valence-corrected chi connectivity index (χ0v) is 16.5. The topological polar surface area (TPSA) is 59.6 Å². The number of rotatable bonds is 8. The number of hydrogen-bond acceptors (Lipinski definition) is 4. The molecule has 5 nitrogen and oxygen atoms in total. The van der Waals surface area contributed by atoms with Crippen molar-refractivity contribution in [3.63, 3.8) is 0 Å². The molecule has 2 heterocycles. The Balaban J connectivity index is 1.79. The van der Waals surface area contributed by atoms with E-state index in [9.17, 15) is 4.79 Å². The maximum atomic E-state index is 12.5. The molecule has 136 valence electrons. The first kappa shape index (κ1) is 19.6. The maximum Gasteiger partial charge on any atom is 0.244 e. The highest BCUT2D eigenvalue weighted by atomic mass is 31.1. The average molecular weight is 354 g/mol. The molecule has 0 radical (unpaired) electrons. The molecule has 0 atom stereocenters. The molecular weight excluding hydrogens is 323 g/mol. The van der Waals surface area contributed by atoms with Crippen LogP contribution >= 0.6 is 8.20 Å². The summed E-state index contributed by atoms with van der Waals surface area (Å²) in [4.78, 5) is 12.5. The van der Waals surface area contributed by atoms with Gasteiger partial charge in [0, 0.05) is 25.7 Å². The van der Waals surface area contributed by atoms with Crippen molar-refractivity contribution in [2.75, 3.05) is 33.5 Å². The number of hydrogen-bond donors (Lipinski definition) is 2. The van der Waals surface area contributed by atoms with Crippen LogP contribution in [0.5, 0.6) is 0 Å². The summed E-state index contributed by atoms with van der Waals surface area (Å²) in [5.74, 6) is 0.624. The third-order valence-corrected chi connectivity index (χ3v) is 6.15. The van der Waals surface area contributed by atoms with Crippen LogP contribution in [0.1, 0.15) is 40.5 Å². The van der Waals surface area contributed by atoms with E-state index in [1.165, 1.54) is 5.31 Å². The molecule has 2 aliphatic heterocycles. The molecule has 0 saturated carbocycles. The smallest absolute Gasteiger partial charge is 0.244 e. The second kappa shape index (κ2) is 8.09. The third-order valence-electron chi connectivity index (χ3n) is 4.70. The highest BCUT2D eigenvalue weighted by molar-refractivity contribution is 7.48. The van der Waals surface area contributed by atoms with E-state index in [0.29, 0.717) is 12.5 Å². The number of carbonyl (C=O) groups excluding carboxylic acids is 1. The largest absolute Gasteiger partial charge is 0.384 e. The number of ether oxygens (including phenoxy) is 2. The van der Waals surface area contributed by atoms with E-state index in [1.807, 2.05) is 13.8 Å². The molecule has 0 aliphatic carbocycles. The minimum absolute atomic E-state index is 0.0152. The fourth-order valence-electron chi connectivity index (χ4n) is 2.81. The molecule has 0 spiro atoms. The predicted octanol–water partition coefficient (Wildman–Crippen LogP) is 2.54. The van der Waals surface area contributed by atoms with Crippen LogP contribution in [-0.4, -0.2) is 50.3 Å². The van der Waals surface area contributed by atoms with Gasteiger partial charge in [-0.1, -0.05) is 13.8 Å². The Hall–Kier alpha value is -0.740. The lowest BCUT2D eigenvalue weighted by Gasteiger charge is -2.32. The lowest BCUT2D eigenvalue weighted by molar-refractivity contribution is -0.125. The van der Waals surface area contributed by atoms with Gasteiger partial charge in [-0.05, 0) is 58.7 Å². The SMILES string of the molecule is COCC(C)(C)C1=CC(NC(=O)C(C)(C)NCC2CCOCC2)=P1. The van der Waals surface area contributed by atoms with Crippen molar-refractivity contribution >= 4 is 19.5 Å². The van der Waals surface area contributed by atoms with Crippen molar-refractivity contribution in [2.45, 2.75) is 46.1 Å². The molecule has 2 aliphatic rings. The standard InChI is InChI=1S/C18H31N2O3P/c1-17(2,12-22-5)14-10-15(24-14)20-16(21)18(3,4)19-11-13-6-8-23-9-7-13/h10,13,19H,6-9,11-12H2,1-5H3,(H,20,21). The van der Waals surface area contributed by atoms with Crippen molar-refractivity contribution in [1.82, 2.24) is 10.6 Å². The van der Waals surface area contributed by atoms with Crippen molar-refractivity contribution in [3.8, 4) is 0 Å². The lowest BCUT2D eigenvalue weighted by Crippen LogP contribution is -2.55. The summed E-state index contributed by atoms with van der Waals surface area (Å²) in [6.45, 7) is 11.4. The summed E-state index contributed by atoms with van der Waals surface area (Å²) in [7, 11) is 2.82. The molecule has 2 rings (SSSR count). The first-order valence-corrected chi connectivity index (χ1v) is 9.58. The van der Waals surface area contributed by atoms with Gasteiger partial charge in [0.05, 0.1) is 17.6 Å². The monoisotopic (exact) mass is 354 g/mol. The van der Waals surface area contributed by atoms with Crippen molar-refractivity contribution < 1.29 is 14.3 Å². The Labute approximate surface area is 147 Å². The molecule has 1 fully saturated rings. The highest BCUT2D eigenvalue weighted by Crippen LogP contribution is 2.40. The molecule has 6 heteroatoms. The van der Waals surface area contributed by atoms with Gasteiger partial charge in [-0.25, -0.2) is 0 Å². The molecule has 0 aromatic heterocycles. The molecule has 0 aromatic carbocycles. The van der Waals surface area contributed by atoms with Gasteiger partial charge in [0.1, 0.15) is 0 Å². The van der Waals surface area contributed by atoms with Crippen molar-refractivity contribution in [3.05, 3.63) is 11.4 Å². The van der Waals surface area contributed by atoms with Crippen LogP contribution in [-0.2, 0) is 14.3 Å². The van der Waals surface area contributed by atoms with Gasteiger partial charge in [-0.2, -0.15) is 0 Å². The summed E-state index contributed by atoms with van der Waals surface area (Å²) in [5, 5.41) is 7.77. The molecule has 0 bridgehead atoms. The molecule has 1 amide bonds. The van der Waals surface area contributed by atoms with E-state index >= 15 is 0 Å². The minimum Gasteiger partial charge on any atom is -0.384 e. The van der Waals surface area contributed by atoms with Crippen LogP contribution in [0.4, 0.5) is 0 Å². The van der Waals surface area contributed by atoms with Gasteiger partial charge in [0.25, 0.3) is 0 Å². The van der Waals surface area contributed by atoms with E-state index in [4.69, 9.17) is 9.47 Å². The van der Waals surface area contributed by atoms with E-state index in [0.717, 1.165) is 46.2 Å². The van der Waals surface area contributed by atoms with Crippen LogP contribution in [0.3, 0.4) is 0 Å². The fraction of sp³-hybridized carbons (Fsp3) is 0.778. The number of carbonyl (C=O) groups is 1. The van der Waals surface area contributed by atoms with E-state index < -0.39 is 5.54 Å². The summed E-state index contributed by atoms with van der Waals surface area (Å²) < 4.78 is 10.6. The average Bonchev–Trinajstić information content (AvgIpc) is 2.49. The Bertz CT molecular complexity index is 520. The van der Waals surface area contributed by atoms with Crippen molar-refractivity contribution in [1.29, 1.82) is 0 Å². The Morgan fingerprint density at radius 3 is 2.54 bits per heavy atom.